The smallest absolute Gasteiger partial charge is 0.410 e. The normalized spacial score (nSPS) is 16.7. The van der Waals surface area contributed by atoms with Gasteiger partial charge in [-0.1, -0.05) is 54.6 Å². The Morgan fingerprint density at radius 3 is 2.44 bits per heavy atom. The van der Waals surface area contributed by atoms with Crippen LogP contribution in [-0.4, -0.2) is 28.9 Å². The number of benzene rings is 3. The van der Waals surface area contributed by atoms with Gasteiger partial charge in [-0.15, -0.1) is 0 Å². The fraction of sp³-hybridized carbons (Fsp3) is 0.379. The number of carbonyl (C=O) groups is 2. The van der Waals surface area contributed by atoms with E-state index in [1.165, 1.54) is 6.07 Å². The van der Waals surface area contributed by atoms with Gasteiger partial charge in [0.15, 0.2) is 5.78 Å². The summed E-state index contributed by atoms with van der Waals surface area (Å²) >= 11 is 0. The number of hydrogen-bond donors (Lipinski definition) is 0. The van der Waals surface area contributed by atoms with Crippen molar-refractivity contribution in [3.05, 3.63) is 83.2 Å². The van der Waals surface area contributed by atoms with Crippen molar-refractivity contribution in [2.45, 2.75) is 58.6 Å². The molecule has 4 rings (SSSR count). The van der Waals surface area contributed by atoms with Crippen molar-refractivity contribution in [1.29, 1.82) is 0 Å². The Hall–Kier alpha value is -3.21. The van der Waals surface area contributed by atoms with Crippen LogP contribution in [0.2, 0.25) is 0 Å². The SMILES string of the molecule is C[C@H](c1ccc(F)c2ccccc12)N(CC[C@H]1CC(=O)c2ccccc2C1)C(=O)OC(C)(C)C. The lowest BCUT2D eigenvalue weighted by molar-refractivity contribution is 0.0162. The van der Waals surface area contributed by atoms with Crippen LogP contribution in [0.1, 0.15) is 68.1 Å². The standard InChI is InChI=1S/C29H32FNO3/c1-19(22-13-14-26(30)25-12-8-7-11-24(22)25)31(28(33)34-29(2,3)4)16-15-20-17-21-9-5-6-10-23(21)27(32)18-20/h5-14,19-20H,15-18H2,1-4H3/t19-,20-/m1/s1. The number of rotatable bonds is 5. The lowest BCUT2D eigenvalue weighted by atomic mass is 9.81. The number of Topliss-reactive ketones (excluding diaryl/α,β-unsaturated/α-hetero) is 1. The third-order valence-electron chi connectivity index (χ3n) is 6.53. The predicted molar refractivity (Wildman–Crippen MR) is 132 cm³/mol. The lowest BCUT2D eigenvalue weighted by Crippen LogP contribution is -2.40. The van der Waals surface area contributed by atoms with Gasteiger partial charge in [-0.3, -0.25) is 4.79 Å². The van der Waals surface area contributed by atoms with E-state index >= 15 is 0 Å². The summed E-state index contributed by atoms with van der Waals surface area (Å²) in [6.07, 6.45) is 1.57. The van der Waals surface area contributed by atoms with Crippen LogP contribution in [0.5, 0.6) is 0 Å². The first kappa shape index (κ1) is 23.9. The minimum Gasteiger partial charge on any atom is -0.444 e. The molecule has 0 aliphatic heterocycles. The molecule has 34 heavy (non-hydrogen) atoms. The predicted octanol–water partition coefficient (Wildman–Crippen LogP) is 7.11. The Morgan fingerprint density at radius 2 is 1.71 bits per heavy atom. The van der Waals surface area contributed by atoms with Crippen molar-refractivity contribution in [3.8, 4) is 0 Å². The van der Waals surface area contributed by atoms with E-state index < -0.39 is 11.7 Å². The molecule has 0 N–H and O–H groups in total. The van der Waals surface area contributed by atoms with E-state index in [0.29, 0.717) is 24.8 Å². The van der Waals surface area contributed by atoms with Gasteiger partial charge in [-0.25, -0.2) is 9.18 Å². The van der Waals surface area contributed by atoms with Crippen LogP contribution in [0.25, 0.3) is 10.8 Å². The van der Waals surface area contributed by atoms with Crippen LogP contribution >= 0.6 is 0 Å². The number of hydrogen-bond acceptors (Lipinski definition) is 3. The topological polar surface area (TPSA) is 46.6 Å². The van der Waals surface area contributed by atoms with Crippen LogP contribution in [0.15, 0.2) is 60.7 Å². The maximum atomic E-state index is 14.4. The molecule has 0 spiro atoms. The Kier molecular flexibility index (Phi) is 6.74. The number of nitrogens with zero attached hydrogens (tertiary/aromatic N) is 1. The van der Waals surface area contributed by atoms with E-state index in [0.717, 1.165) is 28.5 Å². The minimum absolute atomic E-state index is 0.157. The van der Waals surface area contributed by atoms with Gasteiger partial charge in [0.05, 0.1) is 6.04 Å². The van der Waals surface area contributed by atoms with E-state index in [2.05, 4.69) is 0 Å². The van der Waals surface area contributed by atoms with E-state index in [4.69, 9.17) is 4.74 Å². The zero-order valence-electron chi connectivity index (χ0n) is 20.3. The van der Waals surface area contributed by atoms with Crippen molar-refractivity contribution in [2.75, 3.05) is 6.54 Å². The molecular weight excluding hydrogens is 429 g/mol. The second-order valence-electron chi connectivity index (χ2n) is 10.2. The molecule has 0 unspecified atom stereocenters. The summed E-state index contributed by atoms with van der Waals surface area (Å²) in [7, 11) is 0. The van der Waals surface area contributed by atoms with Gasteiger partial charge in [0.25, 0.3) is 0 Å². The molecule has 4 nitrogen and oxygen atoms in total. The molecule has 0 fully saturated rings. The van der Waals surface area contributed by atoms with Crippen molar-refractivity contribution >= 4 is 22.6 Å². The molecule has 0 heterocycles. The van der Waals surface area contributed by atoms with Crippen LogP contribution in [0, 0.1) is 11.7 Å². The second kappa shape index (κ2) is 9.57. The molecule has 0 radical (unpaired) electrons. The fourth-order valence-corrected chi connectivity index (χ4v) is 4.83. The van der Waals surface area contributed by atoms with E-state index in [-0.39, 0.29) is 23.6 Å². The zero-order valence-corrected chi connectivity index (χ0v) is 20.3. The summed E-state index contributed by atoms with van der Waals surface area (Å²) in [6, 6.07) is 18.0. The molecule has 5 heteroatoms. The summed E-state index contributed by atoms with van der Waals surface area (Å²) in [5.41, 5.74) is 2.12. The van der Waals surface area contributed by atoms with Crippen molar-refractivity contribution in [2.24, 2.45) is 5.92 Å². The summed E-state index contributed by atoms with van der Waals surface area (Å²) in [5, 5.41) is 1.32. The third-order valence-corrected chi connectivity index (χ3v) is 6.53. The van der Waals surface area contributed by atoms with Crippen LogP contribution in [-0.2, 0) is 11.2 Å². The van der Waals surface area contributed by atoms with Crippen LogP contribution in [0.3, 0.4) is 0 Å². The monoisotopic (exact) mass is 461 g/mol. The average Bonchev–Trinajstić information content (AvgIpc) is 2.78. The number of ketones is 1. The highest BCUT2D eigenvalue weighted by Gasteiger charge is 2.30. The molecule has 1 aliphatic rings. The van der Waals surface area contributed by atoms with Gasteiger partial charge < -0.3 is 9.64 Å². The maximum Gasteiger partial charge on any atom is 0.410 e. The first-order valence-corrected chi connectivity index (χ1v) is 11.9. The molecule has 1 aliphatic carbocycles. The van der Waals surface area contributed by atoms with E-state index in [1.807, 2.05) is 70.2 Å². The lowest BCUT2D eigenvalue weighted by Gasteiger charge is -2.34. The largest absolute Gasteiger partial charge is 0.444 e. The fourth-order valence-electron chi connectivity index (χ4n) is 4.83. The number of fused-ring (bicyclic) bond motifs is 2. The van der Waals surface area contributed by atoms with Crippen LogP contribution in [0.4, 0.5) is 9.18 Å². The number of carbonyl (C=O) groups excluding carboxylic acids is 2. The molecule has 0 aromatic heterocycles. The first-order chi connectivity index (χ1) is 16.1. The molecule has 3 aromatic rings. The Labute approximate surface area is 200 Å². The van der Waals surface area contributed by atoms with Gasteiger partial charge in [0, 0.05) is 23.9 Å². The molecule has 1 amide bonds. The van der Waals surface area contributed by atoms with Gasteiger partial charge >= 0.3 is 6.09 Å². The molecule has 178 valence electrons. The summed E-state index contributed by atoms with van der Waals surface area (Å²) in [5.74, 6) is 0.0347. The minimum atomic E-state index is -0.639. The highest BCUT2D eigenvalue weighted by atomic mass is 19.1. The maximum absolute atomic E-state index is 14.4. The molecular formula is C29H32FNO3. The molecule has 2 atom stereocenters. The molecule has 3 aromatic carbocycles. The quantitative estimate of drug-likeness (QED) is 0.407. The van der Waals surface area contributed by atoms with Crippen molar-refractivity contribution in [1.82, 2.24) is 4.90 Å². The highest BCUT2D eigenvalue weighted by molar-refractivity contribution is 5.98. The van der Waals surface area contributed by atoms with Gasteiger partial charge in [0.1, 0.15) is 11.4 Å². The average molecular weight is 462 g/mol. The number of halogens is 1. The van der Waals surface area contributed by atoms with Crippen molar-refractivity contribution < 1.29 is 18.7 Å². The van der Waals surface area contributed by atoms with Crippen LogP contribution < -0.4 is 0 Å². The third kappa shape index (κ3) is 5.14. The van der Waals surface area contributed by atoms with Gasteiger partial charge in [-0.2, -0.15) is 0 Å². The second-order valence-corrected chi connectivity index (χ2v) is 10.2. The molecule has 0 bridgehead atoms. The van der Waals surface area contributed by atoms with Gasteiger partial charge in [-0.05, 0) is 69.0 Å². The summed E-state index contributed by atoms with van der Waals surface area (Å²) in [4.78, 5) is 27.6. The highest BCUT2D eigenvalue weighted by Crippen LogP contribution is 2.33. The molecule has 0 saturated carbocycles. The zero-order chi connectivity index (χ0) is 24.5. The van der Waals surface area contributed by atoms with Crippen molar-refractivity contribution in [3.63, 3.8) is 0 Å². The summed E-state index contributed by atoms with van der Waals surface area (Å²) in [6.45, 7) is 7.93. The first-order valence-electron chi connectivity index (χ1n) is 11.9. The Balaban J connectivity index is 1.60. The Bertz CT molecular complexity index is 1210. The van der Waals surface area contributed by atoms with Gasteiger partial charge in [0.2, 0.25) is 0 Å². The number of ether oxygens (including phenoxy) is 1. The number of amides is 1. The van der Waals surface area contributed by atoms with E-state index in [1.54, 1.807) is 17.0 Å². The summed E-state index contributed by atoms with van der Waals surface area (Å²) < 4.78 is 20.2. The molecule has 0 saturated heterocycles. The van der Waals surface area contributed by atoms with E-state index in [9.17, 15) is 14.0 Å². The Morgan fingerprint density at radius 1 is 1.03 bits per heavy atom.